The molecular formula is C21H32N2O6S2. The molecule has 0 aliphatic carbocycles. The Balaban J connectivity index is 1.81. The second kappa shape index (κ2) is 9.56. The van der Waals surface area contributed by atoms with Gasteiger partial charge < -0.3 is 4.74 Å². The van der Waals surface area contributed by atoms with E-state index in [4.69, 9.17) is 4.74 Å². The summed E-state index contributed by atoms with van der Waals surface area (Å²) in [5.41, 5.74) is 0. The molecule has 2 aliphatic rings. The number of carbonyl (C=O) groups excluding carboxylic acids is 1. The molecule has 2 aliphatic heterocycles. The Bertz CT molecular complexity index is 981. The van der Waals surface area contributed by atoms with E-state index in [0.29, 0.717) is 19.4 Å². The quantitative estimate of drug-likeness (QED) is 0.590. The monoisotopic (exact) mass is 472 g/mol. The number of hydrogen-bond donors (Lipinski definition) is 0. The molecule has 0 radical (unpaired) electrons. The van der Waals surface area contributed by atoms with Gasteiger partial charge in [-0.15, -0.1) is 0 Å². The molecule has 174 valence electrons. The van der Waals surface area contributed by atoms with Gasteiger partial charge in [0.05, 0.1) is 22.3 Å². The van der Waals surface area contributed by atoms with Crippen LogP contribution in [0.15, 0.2) is 34.1 Å². The van der Waals surface area contributed by atoms with Crippen molar-refractivity contribution >= 4 is 26.0 Å². The highest BCUT2D eigenvalue weighted by Crippen LogP contribution is 2.31. The van der Waals surface area contributed by atoms with Gasteiger partial charge in [0.2, 0.25) is 20.0 Å². The van der Waals surface area contributed by atoms with Crippen molar-refractivity contribution in [2.45, 2.75) is 74.7 Å². The van der Waals surface area contributed by atoms with Crippen LogP contribution in [0.25, 0.3) is 0 Å². The van der Waals surface area contributed by atoms with E-state index in [2.05, 4.69) is 0 Å². The number of carbonyl (C=O) groups is 1. The number of piperidine rings is 2. The summed E-state index contributed by atoms with van der Waals surface area (Å²) in [5, 5.41) is 0. The van der Waals surface area contributed by atoms with Gasteiger partial charge >= 0.3 is 5.97 Å². The summed E-state index contributed by atoms with van der Waals surface area (Å²) in [6, 6.07) is 5.23. The van der Waals surface area contributed by atoms with E-state index < -0.39 is 26.0 Å². The zero-order valence-corrected chi connectivity index (χ0v) is 20.0. The Hall–Kier alpha value is -1.49. The van der Waals surface area contributed by atoms with Gasteiger partial charge in [0.25, 0.3) is 0 Å². The second-order valence-electron chi connectivity index (χ2n) is 8.39. The van der Waals surface area contributed by atoms with E-state index >= 15 is 0 Å². The highest BCUT2D eigenvalue weighted by atomic mass is 32.2. The number of ether oxygens (including phenoxy) is 1. The fourth-order valence-corrected chi connectivity index (χ4v) is 7.94. The van der Waals surface area contributed by atoms with Crippen molar-refractivity contribution in [3.8, 4) is 0 Å². The van der Waals surface area contributed by atoms with Gasteiger partial charge in [-0.3, -0.25) is 4.79 Å². The van der Waals surface area contributed by atoms with Crippen LogP contribution in [0.2, 0.25) is 0 Å². The standard InChI is InChI=1S/C21H32N2O6S2/c1-4-29-21(24)18-9-6-14-22(15-18)30(25,26)19-10-12-20(13-11-19)31(27,28)23-16(2)7-5-8-17(23)3/h10-13,16-18H,4-9,14-15H2,1-3H3/t16?,17?,18-/m1/s1. The van der Waals surface area contributed by atoms with Gasteiger partial charge in [0.1, 0.15) is 0 Å². The zero-order chi connectivity index (χ0) is 22.8. The molecule has 0 amide bonds. The minimum absolute atomic E-state index is 0.0238. The average molecular weight is 473 g/mol. The molecule has 1 aromatic carbocycles. The van der Waals surface area contributed by atoms with Crippen LogP contribution in [0, 0.1) is 5.92 Å². The van der Waals surface area contributed by atoms with E-state index in [9.17, 15) is 21.6 Å². The maximum Gasteiger partial charge on any atom is 0.310 e. The predicted octanol–water partition coefficient (Wildman–Crippen LogP) is 2.60. The summed E-state index contributed by atoms with van der Waals surface area (Å²) in [6.07, 6.45) is 3.78. The lowest BCUT2D eigenvalue weighted by Gasteiger charge is -2.37. The Morgan fingerprint density at radius 1 is 0.935 bits per heavy atom. The first-order chi connectivity index (χ1) is 14.6. The number of esters is 1. The van der Waals surface area contributed by atoms with E-state index in [1.54, 1.807) is 6.92 Å². The Labute approximate surface area is 185 Å². The van der Waals surface area contributed by atoms with Gasteiger partial charge in [0.15, 0.2) is 0 Å². The van der Waals surface area contributed by atoms with Gasteiger partial charge in [-0.2, -0.15) is 8.61 Å². The molecule has 8 nitrogen and oxygen atoms in total. The van der Waals surface area contributed by atoms with Crippen molar-refractivity contribution in [2.24, 2.45) is 5.92 Å². The number of nitrogens with zero attached hydrogens (tertiary/aromatic N) is 2. The summed E-state index contributed by atoms with van der Waals surface area (Å²) >= 11 is 0. The van der Waals surface area contributed by atoms with E-state index in [1.165, 1.54) is 32.9 Å². The van der Waals surface area contributed by atoms with Crippen LogP contribution >= 0.6 is 0 Å². The number of benzene rings is 1. The first-order valence-corrected chi connectivity index (χ1v) is 13.8. The van der Waals surface area contributed by atoms with Crippen molar-refractivity contribution in [1.29, 1.82) is 0 Å². The maximum absolute atomic E-state index is 13.2. The summed E-state index contributed by atoms with van der Waals surface area (Å²) < 4.78 is 60.4. The van der Waals surface area contributed by atoms with E-state index in [1.807, 2.05) is 13.8 Å². The molecule has 0 bridgehead atoms. The average Bonchev–Trinajstić information content (AvgIpc) is 2.74. The molecule has 0 spiro atoms. The van der Waals surface area contributed by atoms with Crippen LogP contribution in [-0.4, -0.2) is 63.2 Å². The van der Waals surface area contributed by atoms with Gasteiger partial charge in [-0.1, -0.05) is 6.42 Å². The predicted molar refractivity (Wildman–Crippen MR) is 116 cm³/mol. The molecule has 3 rings (SSSR count). The third kappa shape index (κ3) is 4.97. The molecule has 31 heavy (non-hydrogen) atoms. The van der Waals surface area contributed by atoms with Crippen LogP contribution in [0.3, 0.4) is 0 Å². The SMILES string of the molecule is CCOC(=O)[C@@H]1CCCN(S(=O)(=O)c2ccc(S(=O)(=O)N3C(C)CCCC3C)cc2)C1. The summed E-state index contributed by atoms with van der Waals surface area (Å²) in [7, 11) is -7.55. The molecule has 1 aromatic rings. The zero-order valence-electron chi connectivity index (χ0n) is 18.4. The molecule has 2 unspecified atom stereocenters. The van der Waals surface area contributed by atoms with Crippen molar-refractivity contribution in [3.63, 3.8) is 0 Å². The van der Waals surface area contributed by atoms with E-state index in [-0.39, 0.29) is 41.0 Å². The molecule has 0 saturated carbocycles. The summed E-state index contributed by atoms with van der Waals surface area (Å²) in [5.74, 6) is -0.862. The van der Waals surface area contributed by atoms with Crippen LogP contribution in [0.4, 0.5) is 0 Å². The molecule has 3 atom stereocenters. The molecule has 0 N–H and O–H groups in total. The smallest absolute Gasteiger partial charge is 0.310 e. The van der Waals surface area contributed by atoms with E-state index in [0.717, 1.165) is 19.3 Å². The highest BCUT2D eigenvalue weighted by molar-refractivity contribution is 7.89. The first kappa shape index (κ1) is 24.2. The molecule has 10 heteroatoms. The van der Waals surface area contributed by atoms with Crippen molar-refractivity contribution < 1.29 is 26.4 Å². The maximum atomic E-state index is 13.2. The highest BCUT2D eigenvalue weighted by Gasteiger charge is 2.37. The van der Waals surface area contributed by atoms with Crippen LogP contribution in [-0.2, 0) is 29.6 Å². The Kier molecular flexibility index (Phi) is 7.45. The second-order valence-corrected chi connectivity index (χ2v) is 12.2. The summed E-state index contributed by atoms with van der Waals surface area (Å²) in [6.45, 7) is 6.18. The molecule has 0 aromatic heterocycles. The van der Waals surface area contributed by atoms with Crippen LogP contribution in [0.1, 0.15) is 52.9 Å². The molecule has 2 fully saturated rings. The minimum atomic E-state index is -3.83. The topological polar surface area (TPSA) is 101 Å². The lowest BCUT2D eigenvalue weighted by molar-refractivity contribution is -0.149. The molecule has 2 heterocycles. The van der Waals surface area contributed by atoms with Crippen molar-refractivity contribution in [1.82, 2.24) is 8.61 Å². The van der Waals surface area contributed by atoms with Gasteiger partial charge in [-0.05, 0) is 70.7 Å². The van der Waals surface area contributed by atoms with Gasteiger partial charge in [0, 0.05) is 25.2 Å². The fraction of sp³-hybridized carbons (Fsp3) is 0.667. The number of sulfonamides is 2. The summed E-state index contributed by atoms with van der Waals surface area (Å²) in [4.78, 5) is 12.2. The lowest BCUT2D eigenvalue weighted by atomic mass is 10.0. The third-order valence-electron chi connectivity index (χ3n) is 6.15. The number of hydrogen-bond acceptors (Lipinski definition) is 6. The van der Waals surface area contributed by atoms with Crippen LogP contribution < -0.4 is 0 Å². The molecular weight excluding hydrogens is 440 g/mol. The third-order valence-corrected chi connectivity index (χ3v) is 10.2. The fourth-order valence-electron chi connectivity index (χ4n) is 4.54. The minimum Gasteiger partial charge on any atom is -0.466 e. The van der Waals surface area contributed by atoms with Crippen molar-refractivity contribution in [3.05, 3.63) is 24.3 Å². The van der Waals surface area contributed by atoms with Gasteiger partial charge in [-0.25, -0.2) is 16.8 Å². The van der Waals surface area contributed by atoms with Crippen LogP contribution in [0.5, 0.6) is 0 Å². The normalized spacial score (nSPS) is 26.5. The number of rotatable bonds is 6. The lowest BCUT2D eigenvalue weighted by Crippen LogP contribution is -2.47. The molecule has 2 saturated heterocycles. The Morgan fingerprint density at radius 3 is 2.03 bits per heavy atom. The van der Waals surface area contributed by atoms with Crippen molar-refractivity contribution in [2.75, 3.05) is 19.7 Å². The largest absolute Gasteiger partial charge is 0.466 e. The Morgan fingerprint density at radius 2 is 1.48 bits per heavy atom. The first-order valence-electron chi connectivity index (χ1n) is 10.9.